The van der Waals surface area contributed by atoms with Gasteiger partial charge in [-0.25, -0.2) is 4.31 Å². The Balaban J connectivity index is 1.74. The van der Waals surface area contributed by atoms with E-state index in [1.807, 2.05) is 18.2 Å². The summed E-state index contributed by atoms with van der Waals surface area (Å²) >= 11 is 2.24. The Morgan fingerprint density at radius 2 is 2.00 bits per heavy atom. The lowest BCUT2D eigenvalue weighted by atomic mass is 9.89. The highest BCUT2D eigenvalue weighted by molar-refractivity contribution is 14.2. The second-order valence-electron chi connectivity index (χ2n) is 6.09. The molecule has 4 nitrogen and oxygen atoms in total. The zero-order valence-corrected chi connectivity index (χ0v) is 16.0. The number of carbonyl (C=O) groups excluding carboxylic acids is 1. The normalized spacial score (nSPS) is 24.5. The van der Waals surface area contributed by atoms with Gasteiger partial charge in [-0.05, 0) is 40.4 Å². The quantitative estimate of drug-likeness (QED) is 0.385. The van der Waals surface area contributed by atoms with Gasteiger partial charge in [-0.2, -0.15) is 0 Å². The molecule has 2 atom stereocenters. The van der Waals surface area contributed by atoms with Gasteiger partial charge in [-0.1, -0.05) is 30.3 Å². The van der Waals surface area contributed by atoms with Crippen molar-refractivity contribution >= 4 is 36.3 Å². The lowest BCUT2D eigenvalue weighted by Crippen LogP contribution is -2.35. The third-order valence-corrected chi connectivity index (χ3v) is 6.76. The van der Waals surface area contributed by atoms with E-state index in [-0.39, 0.29) is 18.1 Å². The monoisotopic (exact) mass is 447 g/mol. The third kappa shape index (κ3) is 4.41. The highest BCUT2D eigenvalue weighted by atomic mass is 127. The molecule has 0 aliphatic carbocycles. The molecule has 2 aliphatic heterocycles. The average molecular weight is 447 g/mol. The Kier molecular flexibility index (Phi) is 6.62. The van der Waals surface area contributed by atoms with Crippen molar-refractivity contribution in [3.05, 3.63) is 35.9 Å². The van der Waals surface area contributed by atoms with Crippen molar-refractivity contribution in [2.24, 2.45) is 5.92 Å². The summed E-state index contributed by atoms with van der Waals surface area (Å²) in [6, 6.07) is 10.0. The van der Waals surface area contributed by atoms with Crippen LogP contribution in [0.2, 0.25) is 0 Å². The van der Waals surface area contributed by atoms with Gasteiger partial charge in [0.25, 0.3) is 0 Å². The van der Waals surface area contributed by atoms with E-state index in [1.165, 1.54) is 0 Å². The van der Waals surface area contributed by atoms with Crippen molar-refractivity contribution in [2.45, 2.75) is 37.8 Å². The van der Waals surface area contributed by atoms with Gasteiger partial charge in [0, 0.05) is 46.9 Å². The highest BCUT2D eigenvalue weighted by Crippen LogP contribution is 2.36. The van der Waals surface area contributed by atoms with Gasteiger partial charge in [0.1, 0.15) is 12.1 Å². The molecular weight excluding hydrogens is 425 g/mol. The van der Waals surface area contributed by atoms with Crippen LogP contribution in [0, 0.1) is 5.92 Å². The molecule has 0 spiro atoms. The lowest BCUT2D eigenvalue weighted by molar-refractivity contribution is -0.158. The number of rotatable bonds is 5. The number of ether oxygens (including phenoxy) is 2. The fourth-order valence-electron chi connectivity index (χ4n) is 3.36. The van der Waals surface area contributed by atoms with Crippen molar-refractivity contribution in [2.75, 3.05) is 19.8 Å². The first-order valence-electron chi connectivity index (χ1n) is 8.18. The number of nitrogens with zero attached hydrogens (tertiary/aromatic N) is 1. The van der Waals surface area contributed by atoms with Gasteiger partial charge < -0.3 is 9.47 Å². The number of benzene rings is 1. The third-order valence-electron chi connectivity index (χ3n) is 4.63. The molecule has 2 saturated heterocycles. The van der Waals surface area contributed by atoms with Crippen LogP contribution in [0.3, 0.4) is 0 Å². The Morgan fingerprint density at radius 1 is 1.26 bits per heavy atom. The molecule has 0 amide bonds. The summed E-state index contributed by atoms with van der Waals surface area (Å²) in [7, 11) is 1.61. The van der Waals surface area contributed by atoms with E-state index < -0.39 is 0 Å². The van der Waals surface area contributed by atoms with E-state index in [1.54, 1.807) is 9.12 Å². The Labute approximate surface area is 154 Å². The van der Waals surface area contributed by atoms with Gasteiger partial charge >= 0.3 is 5.97 Å². The molecule has 1 aromatic rings. The summed E-state index contributed by atoms with van der Waals surface area (Å²) in [6.07, 6.45) is 3.69. The molecule has 0 unspecified atom stereocenters. The van der Waals surface area contributed by atoms with Crippen molar-refractivity contribution in [3.63, 3.8) is 0 Å². The number of esters is 1. The van der Waals surface area contributed by atoms with Gasteiger partial charge in [0.15, 0.2) is 0 Å². The lowest BCUT2D eigenvalue weighted by Gasteiger charge is -2.31. The summed E-state index contributed by atoms with van der Waals surface area (Å²) < 4.78 is 13.6. The predicted molar refractivity (Wildman–Crippen MR) is 100 cm³/mol. The van der Waals surface area contributed by atoms with Crippen LogP contribution in [-0.4, -0.2) is 36.1 Å². The van der Waals surface area contributed by atoms with Crippen molar-refractivity contribution in [1.29, 1.82) is 0 Å². The molecule has 0 saturated carbocycles. The second-order valence-corrected chi connectivity index (χ2v) is 7.87. The molecule has 0 aromatic heterocycles. The Bertz CT molecular complexity index is 510. The largest absolute Gasteiger partial charge is 0.456 e. The first kappa shape index (κ1) is 17.5. The minimum atomic E-state index is -0.158. The van der Waals surface area contributed by atoms with E-state index in [0.29, 0.717) is 5.92 Å². The van der Waals surface area contributed by atoms with Crippen molar-refractivity contribution in [3.8, 4) is 0 Å². The molecule has 1 aromatic carbocycles. The number of hydrogen-bond donors (Lipinski definition) is 0. The van der Waals surface area contributed by atoms with E-state index in [0.717, 1.165) is 51.0 Å². The number of hydrogen-bond acceptors (Lipinski definition) is 5. The fraction of sp³-hybridized carbons (Fsp3) is 0.588. The molecule has 0 bridgehead atoms. The maximum Gasteiger partial charge on any atom is 0.324 e. The van der Waals surface area contributed by atoms with Crippen LogP contribution in [0.15, 0.2) is 30.3 Å². The van der Waals surface area contributed by atoms with Gasteiger partial charge in [0.05, 0.1) is 0 Å². The van der Waals surface area contributed by atoms with E-state index >= 15 is 0 Å². The second kappa shape index (κ2) is 8.69. The summed E-state index contributed by atoms with van der Waals surface area (Å²) in [6.45, 7) is 2.47. The molecule has 0 radical (unpaired) electrons. The van der Waals surface area contributed by atoms with Crippen LogP contribution in [0.1, 0.15) is 37.4 Å². The number of carbonyl (C=O) groups is 1. The predicted octanol–water partition coefficient (Wildman–Crippen LogP) is 4.16. The highest BCUT2D eigenvalue weighted by Gasteiger charge is 2.36. The number of halogens is 1. The topological polar surface area (TPSA) is 38.8 Å². The summed E-state index contributed by atoms with van der Waals surface area (Å²) in [5.41, 5.74) is 1.10. The van der Waals surface area contributed by atoms with Crippen molar-refractivity contribution < 1.29 is 14.3 Å². The fourth-order valence-corrected chi connectivity index (χ4v) is 5.26. The molecule has 3 rings (SSSR count). The molecule has 0 N–H and O–H groups in total. The van der Waals surface area contributed by atoms with E-state index in [9.17, 15) is 4.79 Å². The van der Waals surface area contributed by atoms with Crippen LogP contribution in [0.25, 0.3) is 0 Å². The van der Waals surface area contributed by atoms with Crippen LogP contribution >= 0.6 is 30.3 Å². The SMILES string of the molecule is O=C(O[C@H](c1ccccc1)C1CCOCC1)[C@@H]1CCCN1SI. The van der Waals surface area contributed by atoms with E-state index in [4.69, 9.17) is 9.47 Å². The maximum absolute atomic E-state index is 12.7. The van der Waals surface area contributed by atoms with Gasteiger partial charge in [-0.15, -0.1) is 0 Å². The zero-order valence-electron chi connectivity index (χ0n) is 13.0. The average Bonchev–Trinajstić information content (AvgIpc) is 3.10. The molecule has 126 valence electrons. The maximum atomic E-state index is 12.7. The van der Waals surface area contributed by atoms with Crippen LogP contribution < -0.4 is 0 Å². The molecule has 2 aliphatic rings. The van der Waals surface area contributed by atoms with E-state index in [2.05, 4.69) is 37.6 Å². The van der Waals surface area contributed by atoms with Crippen LogP contribution in [-0.2, 0) is 14.3 Å². The minimum absolute atomic E-state index is 0.0768. The first-order chi connectivity index (χ1) is 11.3. The van der Waals surface area contributed by atoms with Crippen molar-refractivity contribution in [1.82, 2.24) is 4.31 Å². The van der Waals surface area contributed by atoms with Crippen LogP contribution in [0.4, 0.5) is 0 Å². The molecule has 2 heterocycles. The Hall–Kier alpha value is -0.310. The van der Waals surface area contributed by atoms with Gasteiger partial charge in [0.2, 0.25) is 0 Å². The summed E-state index contributed by atoms with van der Waals surface area (Å²) in [5, 5.41) is 0. The molecule has 23 heavy (non-hydrogen) atoms. The summed E-state index contributed by atoms with van der Waals surface area (Å²) in [5.74, 6) is 0.268. The van der Waals surface area contributed by atoms with Crippen LogP contribution in [0.5, 0.6) is 0 Å². The Morgan fingerprint density at radius 3 is 2.70 bits per heavy atom. The minimum Gasteiger partial charge on any atom is -0.456 e. The standard InChI is InChI=1S/C17H22INO3S/c18-23-19-10-4-7-15(19)17(20)22-16(13-5-2-1-3-6-13)14-8-11-21-12-9-14/h1-3,5-6,14-16H,4,7-12H2/t15-,16+/m0/s1. The molecule has 2 fully saturated rings. The zero-order chi connectivity index (χ0) is 16.1. The van der Waals surface area contributed by atoms with Gasteiger partial charge in [-0.3, -0.25) is 4.79 Å². The first-order valence-corrected chi connectivity index (χ1v) is 11.5. The summed E-state index contributed by atoms with van der Waals surface area (Å²) in [4.78, 5) is 12.7. The smallest absolute Gasteiger partial charge is 0.324 e. The molecular formula is C17H22INO3S. The molecule has 6 heteroatoms.